The van der Waals surface area contributed by atoms with Crippen molar-refractivity contribution in [1.29, 1.82) is 0 Å². The van der Waals surface area contributed by atoms with E-state index in [-0.39, 0.29) is 4.90 Å². The zero-order valence-electron chi connectivity index (χ0n) is 15.7. The summed E-state index contributed by atoms with van der Waals surface area (Å²) in [5.41, 5.74) is 1.94. The van der Waals surface area contributed by atoms with E-state index in [4.69, 9.17) is 4.74 Å². The van der Waals surface area contributed by atoms with Crippen molar-refractivity contribution >= 4 is 33.0 Å². The first kappa shape index (κ1) is 18.7. The molecule has 148 valence electrons. The smallest absolute Gasteiger partial charge is 0.261 e. The van der Waals surface area contributed by atoms with Crippen molar-refractivity contribution in [2.75, 3.05) is 17.1 Å². The summed E-state index contributed by atoms with van der Waals surface area (Å²) in [4.78, 5) is 8.52. The largest absolute Gasteiger partial charge is 0.497 e. The Hall–Kier alpha value is -3.66. The fourth-order valence-corrected chi connectivity index (χ4v) is 3.82. The third-order valence-electron chi connectivity index (χ3n) is 4.16. The summed E-state index contributed by atoms with van der Waals surface area (Å²) in [6.07, 6.45) is 1.42. The van der Waals surface area contributed by atoms with Crippen molar-refractivity contribution in [2.24, 2.45) is 0 Å². The number of nitrogens with one attached hydrogen (secondary N) is 2. The number of ether oxygens (including phenoxy) is 1. The zero-order chi connectivity index (χ0) is 20.4. The molecule has 2 heterocycles. The lowest BCUT2D eigenvalue weighted by Gasteiger charge is -2.11. The first-order valence-corrected chi connectivity index (χ1v) is 10.1. The van der Waals surface area contributed by atoms with E-state index in [0.717, 1.165) is 5.69 Å². The number of rotatable bonds is 6. The van der Waals surface area contributed by atoms with Crippen LogP contribution in [0.4, 0.5) is 17.2 Å². The van der Waals surface area contributed by atoms with Crippen LogP contribution in [-0.2, 0) is 10.0 Å². The van der Waals surface area contributed by atoms with Crippen LogP contribution >= 0.6 is 0 Å². The summed E-state index contributed by atoms with van der Waals surface area (Å²) >= 11 is 0. The van der Waals surface area contributed by atoms with Gasteiger partial charge in [0.25, 0.3) is 15.8 Å². The van der Waals surface area contributed by atoms with E-state index in [2.05, 4.69) is 25.1 Å². The summed E-state index contributed by atoms with van der Waals surface area (Å²) in [6.45, 7) is 1.86. The van der Waals surface area contributed by atoms with E-state index in [1.165, 1.54) is 18.5 Å². The molecule has 0 unspecified atom stereocenters. The molecule has 0 aliphatic rings. The van der Waals surface area contributed by atoms with Crippen LogP contribution in [0.1, 0.15) is 5.69 Å². The number of sulfonamides is 1. The van der Waals surface area contributed by atoms with Gasteiger partial charge in [-0.2, -0.15) is 14.6 Å². The molecule has 0 fully saturated rings. The van der Waals surface area contributed by atoms with Crippen LogP contribution in [0.5, 0.6) is 5.75 Å². The van der Waals surface area contributed by atoms with Crippen LogP contribution in [0, 0.1) is 6.92 Å². The Balaban J connectivity index is 1.54. The second-order valence-corrected chi connectivity index (χ2v) is 7.92. The van der Waals surface area contributed by atoms with Crippen molar-refractivity contribution in [3.63, 3.8) is 0 Å². The van der Waals surface area contributed by atoms with Crippen LogP contribution in [0.15, 0.2) is 65.8 Å². The first-order chi connectivity index (χ1) is 13.9. The second-order valence-electron chi connectivity index (χ2n) is 6.24. The van der Waals surface area contributed by atoms with Gasteiger partial charge in [-0.1, -0.05) is 0 Å². The minimum Gasteiger partial charge on any atom is -0.497 e. The van der Waals surface area contributed by atoms with Gasteiger partial charge in [-0.25, -0.2) is 13.4 Å². The Morgan fingerprint density at radius 2 is 1.69 bits per heavy atom. The monoisotopic (exact) mass is 410 g/mol. The average molecular weight is 410 g/mol. The molecule has 0 saturated heterocycles. The van der Waals surface area contributed by atoms with E-state index in [0.29, 0.717) is 28.7 Å². The molecule has 0 aliphatic carbocycles. The maximum absolute atomic E-state index is 12.6. The summed E-state index contributed by atoms with van der Waals surface area (Å²) in [5.74, 6) is 1.81. The quantitative estimate of drug-likeness (QED) is 0.503. The highest BCUT2D eigenvalue weighted by molar-refractivity contribution is 7.92. The van der Waals surface area contributed by atoms with Crippen molar-refractivity contribution in [3.8, 4) is 5.75 Å². The Morgan fingerprint density at radius 1 is 1.00 bits per heavy atom. The summed E-state index contributed by atoms with van der Waals surface area (Å²) in [6, 6.07) is 14.9. The number of hydrogen-bond acceptors (Lipinski definition) is 7. The van der Waals surface area contributed by atoms with E-state index in [9.17, 15) is 8.42 Å². The maximum atomic E-state index is 12.6. The Labute approximate surface area is 167 Å². The van der Waals surface area contributed by atoms with Crippen molar-refractivity contribution in [3.05, 3.63) is 66.6 Å². The van der Waals surface area contributed by atoms with Gasteiger partial charge in [0.2, 0.25) is 0 Å². The predicted molar refractivity (Wildman–Crippen MR) is 109 cm³/mol. The molecule has 4 rings (SSSR count). The highest BCUT2D eigenvalue weighted by Gasteiger charge is 2.14. The molecule has 9 nitrogen and oxygen atoms in total. The highest BCUT2D eigenvalue weighted by Crippen LogP contribution is 2.22. The number of benzene rings is 2. The van der Waals surface area contributed by atoms with Crippen LogP contribution in [0.2, 0.25) is 0 Å². The van der Waals surface area contributed by atoms with Gasteiger partial charge in [-0.3, -0.25) is 4.72 Å². The van der Waals surface area contributed by atoms with Gasteiger partial charge in [-0.15, -0.1) is 0 Å². The van der Waals surface area contributed by atoms with Crippen molar-refractivity contribution in [2.45, 2.75) is 11.8 Å². The molecule has 0 amide bonds. The molecule has 0 radical (unpaired) electrons. The minimum atomic E-state index is -3.71. The molecule has 2 N–H and O–H groups in total. The number of methoxy groups -OCH3 is 1. The molecule has 0 atom stereocenters. The lowest BCUT2D eigenvalue weighted by Crippen LogP contribution is -2.12. The first-order valence-electron chi connectivity index (χ1n) is 8.66. The van der Waals surface area contributed by atoms with Gasteiger partial charge in [0.15, 0.2) is 0 Å². The lowest BCUT2D eigenvalue weighted by molar-refractivity contribution is 0.415. The molecule has 0 bridgehead atoms. The van der Waals surface area contributed by atoms with Crippen LogP contribution in [0.3, 0.4) is 0 Å². The molecule has 0 aliphatic heterocycles. The number of nitrogens with zero attached hydrogens (tertiary/aromatic N) is 4. The molecule has 29 heavy (non-hydrogen) atoms. The number of fused-ring (bicyclic) bond motifs is 1. The molecule has 2 aromatic carbocycles. The zero-order valence-corrected chi connectivity index (χ0v) is 16.5. The Bertz CT molecular complexity index is 1250. The molecule has 0 saturated carbocycles. The highest BCUT2D eigenvalue weighted by atomic mass is 32.2. The molecule has 10 heteroatoms. The SMILES string of the molecule is COc1ccc(NS(=O)(=O)c2ccc(Nc3cc(C)nc4ncnn34)cc2)cc1. The standard InChI is InChI=1S/C19H18N6O3S/c1-13-11-18(25-19(22-13)20-12-21-25)23-14-5-9-17(10-6-14)29(26,27)24-15-3-7-16(28-2)8-4-15/h3-12,23-24H,1-2H3. The number of anilines is 3. The third-order valence-corrected chi connectivity index (χ3v) is 5.56. The average Bonchev–Trinajstić information content (AvgIpc) is 3.17. The molecule has 4 aromatic rings. The van der Waals surface area contributed by atoms with Gasteiger partial charge in [0, 0.05) is 23.1 Å². The van der Waals surface area contributed by atoms with Crippen LogP contribution in [-0.4, -0.2) is 35.1 Å². The van der Waals surface area contributed by atoms with Crippen molar-refractivity contribution in [1.82, 2.24) is 19.6 Å². The van der Waals surface area contributed by atoms with Crippen LogP contribution < -0.4 is 14.8 Å². The molecular weight excluding hydrogens is 392 g/mol. The number of hydrogen-bond donors (Lipinski definition) is 2. The van der Waals surface area contributed by atoms with E-state index in [1.54, 1.807) is 48.0 Å². The fraction of sp³-hybridized carbons (Fsp3) is 0.105. The van der Waals surface area contributed by atoms with E-state index in [1.807, 2.05) is 13.0 Å². The summed E-state index contributed by atoms with van der Waals surface area (Å²) in [7, 11) is -2.16. The van der Waals surface area contributed by atoms with Gasteiger partial charge in [0.05, 0.1) is 12.0 Å². The van der Waals surface area contributed by atoms with E-state index < -0.39 is 10.0 Å². The maximum Gasteiger partial charge on any atom is 0.261 e. The molecule has 2 aromatic heterocycles. The fourth-order valence-electron chi connectivity index (χ4n) is 2.76. The van der Waals surface area contributed by atoms with Gasteiger partial charge < -0.3 is 10.1 Å². The topological polar surface area (TPSA) is 111 Å². The lowest BCUT2D eigenvalue weighted by atomic mass is 10.3. The predicted octanol–water partition coefficient (Wildman–Crippen LogP) is 2.99. The van der Waals surface area contributed by atoms with E-state index >= 15 is 0 Å². The molecule has 0 spiro atoms. The minimum absolute atomic E-state index is 0.149. The van der Waals surface area contributed by atoms with Crippen LogP contribution in [0.25, 0.3) is 5.78 Å². The third kappa shape index (κ3) is 3.97. The second kappa shape index (κ2) is 7.40. The normalized spacial score (nSPS) is 11.4. The Morgan fingerprint density at radius 3 is 2.38 bits per heavy atom. The van der Waals surface area contributed by atoms with Gasteiger partial charge >= 0.3 is 0 Å². The molecular formula is C19H18N6O3S. The number of aromatic nitrogens is 4. The Kier molecular flexibility index (Phi) is 4.77. The van der Waals surface area contributed by atoms with Gasteiger partial charge in [-0.05, 0) is 55.5 Å². The summed E-state index contributed by atoms with van der Waals surface area (Å²) in [5, 5.41) is 7.34. The number of aryl methyl sites for hydroxylation is 1. The summed E-state index contributed by atoms with van der Waals surface area (Å²) < 4.78 is 34.4. The van der Waals surface area contributed by atoms with Crippen molar-refractivity contribution < 1.29 is 13.2 Å². The van der Waals surface area contributed by atoms with Gasteiger partial charge in [0.1, 0.15) is 17.9 Å².